The fourth-order valence-corrected chi connectivity index (χ4v) is 2.99. The number of hydrogen-bond acceptors (Lipinski definition) is 3. The van der Waals surface area contributed by atoms with E-state index in [0.717, 1.165) is 17.0 Å². The molecule has 1 amide bonds. The fourth-order valence-electron chi connectivity index (χ4n) is 2.99. The summed E-state index contributed by atoms with van der Waals surface area (Å²) in [6.07, 6.45) is 0.715. The average molecular weight is 361 g/mol. The summed E-state index contributed by atoms with van der Waals surface area (Å²) in [5, 5.41) is 0. The molecule has 0 spiro atoms. The number of rotatable bonds is 7. The van der Waals surface area contributed by atoms with Crippen molar-refractivity contribution in [2.75, 3.05) is 25.7 Å². The quantitative estimate of drug-likeness (QED) is 0.618. The van der Waals surface area contributed by atoms with Crippen LogP contribution in [0.3, 0.4) is 0 Å². The van der Waals surface area contributed by atoms with Gasteiger partial charge in [0.05, 0.1) is 19.8 Å². The van der Waals surface area contributed by atoms with Crippen LogP contribution in [-0.2, 0) is 6.42 Å². The number of benzene rings is 3. The van der Waals surface area contributed by atoms with E-state index in [4.69, 9.17) is 9.47 Å². The summed E-state index contributed by atoms with van der Waals surface area (Å²) in [5.41, 5.74) is 2.52. The molecule has 3 rings (SSSR count). The highest BCUT2D eigenvalue weighted by Gasteiger charge is 2.20. The molecule has 0 atom stereocenters. The van der Waals surface area contributed by atoms with Gasteiger partial charge in [-0.25, -0.2) is 0 Å². The average Bonchev–Trinajstić information content (AvgIpc) is 2.74. The molecule has 0 saturated heterocycles. The SMILES string of the molecule is COc1cccc(CCN(C(=O)c2ccccc2OC)c2ccccc2)c1. The van der Waals surface area contributed by atoms with Gasteiger partial charge in [-0.3, -0.25) is 4.79 Å². The third-order valence-electron chi connectivity index (χ3n) is 4.41. The molecule has 0 radical (unpaired) electrons. The molecule has 3 aromatic rings. The predicted molar refractivity (Wildman–Crippen MR) is 108 cm³/mol. The molecule has 27 heavy (non-hydrogen) atoms. The van der Waals surface area contributed by atoms with E-state index in [1.165, 1.54) is 0 Å². The Morgan fingerprint density at radius 2 is 1.59 bits per heavy atom. The third kappa shape index (κ3) is 4.47. The van der Waals surface area contributed by atoms with Gasteiger partial charge in [0.15, 0.2) is 0 Å². The van der Waals surface area contributed by atoms with Crippen LogP contribution in [0.25, 0.3) is 0 Å². The fraction of sp³-hybridized carbons (Fsp3) is 0.174. The summed E-state index contributed by atoms with van der Waals surface area (Å²) in [6.45, 7) is 0.550. The van der Waals surface area contributed by atoms with Gasteiger partial charge in [0.1, 0.15) is 11.5 Å². The van der Waals surface area contributed by atoms with Crippen molar-refractivity contribution in [2.24, 2.45) is 0 Å². The third-order valence-corrected chi connectivity index (χ3v) is 4.41. The topological polar surface area (TPSA) is 38.8 Å². The first-order valence-corrected chi connectivity index (χ1v) is 8.86. The summed E-state index contributed by atoms with van der Waals surface area (Å²) < 4.78 is 10.7. The highest BCUT2D eigenvalue weighted by atomic mass is 16.5. The summed E-state index contributed by atoms with van der Waals surface area (Å²) in [5.74, 6) is 1.31. The molecule has 0 aliphatic carbocycles. The van der Waals surface area contributed by atoms with Crippen molar-refractivity contribution in [1.29, 1.82) is 0 Å². The molecular weight excluding hydrogens is 338 g/mol. The minimum absolute atomic E-state index is 0.0819. The van der Waals surface area contributed by atoms with Gasteiger partial charge in [0.25, 0.3) is 5.91 Å². The molecule has 138 valence electrons. The van der Waals surface area contributed by atoms with Gasteiger partial charge in [-0.05, 0) is 48.4 Å². The number of hydrogen-bond donors (Lipinski definition) is 0. The largest absolute Gasteiger partial charge is 0.497 e. The Kier molecular flexibility index (Phi) is 6.10. The second kappa shape index (κ2) is 8.90. The Morgan fingerprint density at radius 1 is 0.852 bits per heavy atom. The van der Waals surface area contributed by atoms with E-state index in [1.807, 2.05) is 66.7 Å². The van der Waals surface area contributed by atoms with E-state index in [-0.39, 0.29) is 5.91 Å². The molecule has 0 aliphatic rings. The van der Waals surface area contributed by atoms with Crippen molar-refractivity contribution in [3.05, 3.63) is 90.0 Å². The number of anilines is 1. The molecule has 0 fully saturated rings. The molecule has 0 aliphatic heterocycles. The molecule has 0 bridgehead atoms. The van der Waals surface area contributed by atoms with Crippen LogP contribution in [0.1, 0.15) is 15.9 Å². The van der Waals surface area contributed by atoms with Crippen LogP contribution in [0, 0.1) is 0 Å². The van der Waals surface area contributed by atoms with E-state index in [0.29, 0.717) is 24.3 Å². The molecule has 4 nitrogen and oxygen atoms in total. The Labute approximate surface area is 160 Å². The van der Waals surface area contributed by atoms with Crippen LogP contribution in [0.5, 0.6) is 11.5 Å². The minimum Gasteiger partial charge on any atom is -0.497 e. The summed E-state index contributed by atoms with van der Waals surface area (Å²) in [6, 6.07) is 24.9. The molecule has 0 aromatic heterocycles. The lowest BCUT2D eigenvalue weighted by Crippen LogP contribution is -2.33. The molecular formula is C23H23NO3. The van der Waals surface area contributed by atoms with Gasteiger partial charge in [-0.15, -0.1) is 0 Å². The van der Waals surface area contributed by atoms with E-state index in [9.17, 15) is 4.79 Å². The van der Waals surface area contributed by atoms with Crippen molar-refractivity contribution in [1.82, 2.24) is 0 Å². The molecule has 3 aromatic carbocycles. The summed E-state index contributed by atoms with van der Waals surface area (Å²) >= 11 is 0. The van der Waals surface area contributed by atoms with Gasteiger partial charge in [-0.2, -0.15) is 0 Å². The maximum atomic E-state index is 13.3. The van der Waals surface area contributed by atoms with Crippen molar-refractivity contribution in [3.63, 3.8) is 0 Å². The smallest absolute Gasteiger partial charge is 0.262 e. The van der Waals surface area contributed by atoms with Gasteiger partial charge < -0.3 is 14.4 Å². The van der Waals surface area contributed by atoms with Crippen LogP contribution in [0.15, 0.2) is 78.9 Å². The van der Waals surface area contributed by atoms with Gasteiger partial charge in [-0.1, -0.05) is 42.5 Å². The molecule has 0 N–H and O–H groups in total. The Balaban J connectivity index is 1.88. The number of ether oxygens (including phenoxy) is 2. The van der Waals surface area contributed by atoms with Crippen LogP contribution < -0.4 is 14.4 Å². The monoisotopic (exact) mass is 361 g/mol. The number of nitrogens with zero attached hydrogens (tertiary/aromatic N) is 1. The lowest BCUT2D eigenvalue weighted by Gasteiger charge is -2.24. The van der Waals surface area contributed by atoms with E-state index < -0.39 is 0 Å². The summed E-state index contributed by atoms with van der Waals surface area (Å²) in [7, 11) is 3.23. The first kappa shape index (κ1) is 18.5. The lowest BCUT2D eigenvalue weighted by molar-refractivity contribution is 0.0984. The van der Waals surface area contributed by atoms with Crippen molar-refractivity contribution in [3.8, 4) is 11.5 Å². The highest BCUT2D eigenvalue weighted by Crippen LogP contribution is 2.24. The van der Waals surface area contributed by atoms with E-state index in [2.05, 4.69) is 0 Å². The zero-order valence-electron chi connectivity index (χ0n) is 15.6. The first-order chi connectivity index (χ1) is 13.2. The van der Waals surface area contributed by atoms with E-state index in [1.54, 1.807) is 31.3 Å². The number of carbonyl (C=O) groups is 1. The first-order valence-electron chi connectivity index (χ1n) is 8.86. The van der Waals surface area contributed by atoms with Gasteiger partial charge in [0.2, 0.25) is 0 Å². The zero-order chi connectivity index (χ0) is 19.1. The second-order valence-electron chi connectivity index (χ2n) is 6.09. The Morgan fingerprint density at radius 3 is 2.33 bits per heavy atom. The molecule has 0 unspecified atom stereocenters. The maximum absolute atomic E-state index is 13.3. The standard InChI is InChI=1S/C23H23NO3/c1-26-20-12-8-9-18(17-20)15-16-24(19-10-4-3-5-11-19)23(25)21-13-6-7-14-22(21)27-2/h3-14,17H,15-16H2,1-2H3. The number of carbonyl (C=O) groups excluding carboxylic acids is 1. The van der Waals surface area contributed by atoms with Crippen molar-refractivity contribution >= 4 is 11.6 Å². The maximum Gasteiger partial charge on any atom is 0.262 e. The van der Waals surface area contributed by atoms with Gasteiger partial charge >= 0.3 is 0 Å². The molecule has 4 heteroatoms. The second-order valence-corrected chi connectivity index (χ2v) is 6.09. The van der Waals surface area contributed by atoms with Crippen LogP contribution in [-0.4, -0.2) is 26.7 Å². The number of para-hydroxylation sites is 2. The van der Waals surface area contributed by atoms with Gasteiger partial charge in [0, 0.05) is 12.2 Å². The number of amides is 1. The number of methoxy groups -OCH3 is 2. The predicted octanol–water partition coefficient (Wildman–Crippen LogP) is 4.59. The van der Waals surface area contributed by atoms with E-state index >= 15 is 0 Å². The zero-order valence-corrected chi connectivity index (χ0v) is 15.6. The van der Waals surface area contributed by atoms with Crippen molar-refractivity contribution in [2.45, 2.75) is 6.42 Å². The lowest BCUT2D eigenvalue weighted by atomic mass is 10.1. The Hall–Kier alpha value is -3.27. The van der Waals surface area contributed by atoms with Crippen molar-refractivity contribution < 1.29 is 14.3 Å². The normalized spacial score (nSPS) is 10.3. The van der Waals surface area contributed by atoms with Crippen LogP contribution in [0.2, 0.25) is 0 Å². The highest BCUT2D eigenvalue weighted by molar-refractivity contribution is 6.07. The van der Waals surface area contributed by atoms with Crippen LogP contribution >= 0.6 is 0 Å². The molecule has 0 saturated carbocycles. The summed E-state index contributed by atoms with van der Waals surface area (Å²) in [4.78, 5) is 15.1. The Bertz CT molecular complexity index is 893. The minimum atomic E-state index is -0.0819. The molecule has 0 heterocycles. The van der Waals surface area contributed by atoms with Crippen LogP contribution in [0.4, 0.5) is 5.69 Å².